The molecule has 1 heterocycles. The van der Waals surface area contributed by atoms with E-state index in [4.69, 9.17) is 5.11 Å². The lowest BCUT2D eigenvalue weighted by Crippen LogP contribution is -2.65. The summed E-state index contributed by atoms with van der Waals surface area (Å²) in [5.74, 6) is -1.78. The third-order valence-electron chi connectivity index (χ3n) is 2.45. The molecule has 7 heteroatoms. The van der Waals surface area contributed by atoms with Crippen molar-refractivity contribution < 1.29 is 35.3 Å². The molecule has 2 fully saturated rings. The molecule has 1 spiro atoms. The van der Waals surface area contributed by atoms with Gasteiger partial charge in [-0.05, 0) is 0 Å². The largest absolute Gasteiger partial charge is 0.387 e. The molecule has 2 aliphatic rings. The summed E-state index contributed by atoms with van der Waals surface area (Å²) in [6.45, 7) is 0. The molecule has 5 N–H and O–H groups in total. The van der Waals surface area contributed by atoms with E-state index in [9.17, 15) is 20.4 Å². The summed E-state index contributed by atoms with van der Waals surface area (Å²) in [5, 5.41) is 46.1. The van der Waals surface area contributed by atoms with Gasteiger partial charge < -0.3 is 25.5 Å². The van der Waals surface area contributed by atoms with Gasteiger partial charge in [0.25, 0.3) is 5.79 Å². The van der Waals surface area contributed by atoms with Crippen LogP contribution in [-0.2, 0) is 9.78 Å². The molecule has 0 aromatic heterocycles. The van der Waals surface area contributed by atoms with E-state index in [2.05, 4.69) is 9.78 Å². The van der Waals surface area contributed by atoms with Crippen LogP contribution in [0.25, 0.3) is 0 Å². The SMILES string of the molecule is OC1[C@@H](O)[C@@H](O)C2(OO2)[C@@H](O)[C@H]1O. The molecule has 0 aromatic carbocycles. The fourth-order valence-corrected chi connectivity index (χ4v) is 1.47. The van der Waals surface area contributed by atoms with Crippen LogP contribution in [0, 0.1) is 0 Å². The van der Waals surface area contributed by atoms with Crippen LogP contribution in [0.5, 0.6) is 0 Å². The molecule has 0 amide bonds. The molecule has 1 aliphatic heterocycles. The van der Waals surface area contributed by atoms with Gasteiger partial charge in [-0.1, -0.05) is 0 Å². The maximum absolute atomic E-state index is 9.30. The van der Waals surface area contributed by atoms with Gasteiger partial charge in [0.15, 0.2) is 0 Å². The number of hydrogen-bond acceptors (Lipinski definition) is 7. The first kappa shape index (κ1) is 9.28. The average molecular weight is 194 g/mol. The Morgan fingerprint density at radius 3 is 1.38 bits per heavy atom. The highest BCUT2D eigenvalue weighted by atomic mass is 17.4. The van der Waals surface area contributed by atoms with E-state index < -0.39 is 36.3 Å². The molecule has 5 atom stereocenters. The zero-order valence-corrected chi connectivity index (χ0v) is 6.44. The monoisotopic (exact) mass is 194 g/mol. The fourth-order valence-electron chi connectivity index (χ4n) is 1.47. The second-order valence-electron chi connectivity index (χ2n) is 3.25. The standard InChI is InChI=1S/C6H10O7/c7-1-2(8)4(10)6(12-13-6)5(11)3(1)9/h1-5,7-11H/t1?,2-,3+,4-,5+. The van der Waals surface area contributed by atoms with Crippen molar-refractivity contribution in [3.8, 4) is 0 Å². The van der Waals surface area contributed by atoms with Gasteiger partial charge in [0, 0.05) is 0 Å². The number of hydrogen-bond donors (Lipinski definition) is 5. The van der Waals surface area contributed by atoms with Crippen LogP contribution in [0.1, 0.15) is 0 Å². The smallest absolute Gasteiger partial charge is 0.290 e. The minimum atomic E-state index is -1.78. The van der Waals surface area contributed by atoms with Crippen LogP contribution in [0.4, 0.5) is 0 Å². The van der Waals surface area contributed by atoms with E-state index in [-0.39, 0.29) is 0 Å². The van der Waals surface area contributed by atoms with Gasteiger partial charge >= 0.3 is 0 Å². The van der Waals surface area contributed by atoms with E-state index in [0.717, 1.165) is 0 Å². The summed E-state index contributed by atoms with van der Waals surface area (Å²) in [7, 11) is 0. The lowest BCUT2D eigenvalue weighted by Gasteiger charge is -2.37. The maximum Gasteiger partial charge on any atom is 0.290 e. The Morgan fingerprint density at radius 1 is 0.692 bits per heavy atom. The van der Waals surface area contributed by atoms with Crippen LogP contribution in [0.15, 0.2) is 0 Å². The average Bonchev–Trinajstić information content (AvgIpc) is 2.91. The van der Waals surface area contributed by atoms with Crippen LogP contribution in [0.2, 0.25) is 0 Å². The van der Waals surface area contributed by atoms with E-state index in [1.807, 2.05) is 0 Å². The van der Waals surface area contributed by atoms with Gasteiger partial charge in [-0.25, -0.2) is 0 Å². The second kappa shape index (κ2) is 2.61. The molecule has 2 rings (SSSR count). The van der Waals surface area contributed by atoms with Crippen molar-refractivity contribution in [2.75, 3.05) is 0 Å². The summed E-state index contributed by atoms with van der Waals surface area (Å²) >= 11 is 0. The van der Waals surface area contributed by atoms with Crippen LogP contribution >= 0.6 is 0 Å². The molecular weight excluding hydrogens is 184 g/mol. The van der Waals surface area contributed by atoms with E-state index in [0.29, 0.717) is 0 Å². The van der Waals surface area contributed by atoms with Crippen LogP contribution < -0.4 is 0 Å². The predicted molar refractivity (Wildman–Crippen MR) is 34.9 cm³/mol. The Labute approximate surface area is 72.7 Å². The van der Waals surface area contributed by atoms with Crippen molar-refractivity contribution in [3.05, 3.63) is 0 Å². The lowest BCUT2D eigenvalue weighted by atomic mass is 9.83. The van der Waals surface area contributed by atoms with Gasteiger partial charge in [0.2, 0.25) is 0 Å². The van der Waals surface area contributed by atoms with Crippen molar-refractivity contribution in [2.45, 2.75) is 36.3 Å². The van der Waals surface area contributed by atoms with Gasteiger partial charge in [0.1, 0.15) is 30.5 Å². The fraction of sp³-hybridized carbons (Fsp3) is 1.00. The van der Waals surface area contributed by atoms with Crippen molar-refractivity contribution in [1.82, 2.24) is 0 Å². The summed E-state index contributed by atoms with van der Waals surface area (Å²) < 4.78 is 0. The van der Waals surface area contributed by atoms with Gasteiger partial charge in [-0.2, -0.15) is 9.78 Å². The van der Waals surface area contributed by atoms with Crippen molar-refractivity contribution in [2.24, 2.45) is 0 Å². The molecule has 1 saturated carbocycles. The maximum atomic E-state index is 9.30. The molecule has 1 aliphatic carbocycles. The van der Waals surface area contributed by atoms with Crippen LogP contribution in [0.3, 0.4) is 0 Å². The first-order valence-electron chi connectivity index (χ1n) is 3.78. The summed E-state index contributed by atoms with van der Waals surface area (Å²) in [6, 6.07) is 0. The quantitative estimate of drug-likeness (QED) is 0.200. The predicted octanol–water partition coefficient (Wildman–Crippen LogP) is -3.54. The third kappa shape index (κ3) is 1.03. The zero-order chi connectivity index (χ0) is 9.80. The summed E-state index contributed by atoms with van der Waals surface area (Å²) in [5.41, 5.74) is 0. The Morgan fingerprint density at radius 2 is 1.08 bits per heavy atom. The minimum absolute atomic E-state index is 1.58. The Balaban J connectivity index is 2.24. The Hall–Kier alpha value is -0.280. The molecule has 7 nitrogen and oxygen atoms in total. The highest BCUT2D eigenvalue weighted by molar-refractivity contribution is 5.06. The molecule has 0 bridgehead atoms. The first-order chi connectivity index (χ1) is 6.00. The summed E-state index contributed by atoms with van der Waals surface area (Å²) in [4.78, 5) is 8.64. The molecular formula is C6H10O7. The van der Waals surface area contributed by atoms with E-state index >= 15 is 0 Å². The number of aliphatic hydroxyl groups is 5. The second-order valence-corrected chi connectivity index (χ2v) is 3.25. The van der Waals surface area contributed by atoms with E-state index in [1.54, 1.807) is 0 Å². The van der Waals surface area contributed by atoms with Gasteiger partial charge in [-0.3, -0.25) is 0 Å². The third-order valence-corrected chi connectivity index (χ3v) is 2.45. The highest BCUT2D eigenvalue weighted by Gasteiger charge is 2.70. The van der Waals surface area contributed by atoms with Crippen molar-refractivity contribution in [3.63, 3.8) is 0 Å². The van der Waals surface area contributed by atoms with Gasteiger partial charge in [-0.15, -0.1) is 0 Å². The lowest BCUT2D eigenvalue weighted by molar-refractivity contribution is -0.215. The topological polar surface area (TPSA) is 126 Å². The Kier molecular flexibility index (Phi) is 1.86. The van der Waals surface area contributed by atoms with E-state index in [1.165, 1.54) is 0 Å². The Bertz CT molecular complexity index is 197. The molecule has 0 radical (unpaired) electrons. The molecule has 0 aromatic rings. The minimum Gasteiger partial charge on any atom is -0.387 e. The first-order valence-corrected chi connectivity index (χ1v) is 3.78. The number of aliphatic hydroxyl groups excluding tert-OH is 5. The van der Waals surface area contributed by atoms with Crippen molar-refractivity contribution in [1.29, 1.82) is 0 Å². The highest BCUT2D eigenvalue weighted by Crippen LogP contribution is 2.43. The van der Waals surface area contributed by atoms with Gasteiger partial charge in [0.05, 0.1) is 0 Å². The molecule has 1 unspecified atom stereocenters. The normalized spacial score (nSPS) is 53.8. The van der Waals surface area contributed by atoms with Crippen LogP contribution in [-0.4, -0.2) is 61.8 Å². The number of rotatable bonds is 0. The zero-order valence-electron chi connectivity index (χ0n) is 6.44. The summed E-state index contributed by atoms with van der Waals surface area (Å²) in [6.07, 6.45) is -8.01. The molecule has 13 heavy (non-hydrogen) atoms. The molecule has 1 saturated heterocycles. The molecule has 76 valence electrons. The van der Waals surface area contributed by atoms with Crippen molar-refractivity contribution >= 4 is 0 Å².